The van der Waals surface area contributed by atoms with Crippen molar-refractivity contribution < 1.29 is 14.4 Å². The summed E-state index contributed by atoms with van der Waals surface area (Å²) < 4.78 is 0. The van der Waals surface area contributed by atoms with Crippen LogP contribution in [0.4, 0.5) is 0 Å². The second-order valence-corrected chi connectivity index (χ2v) is 11.2. The highest BCUT2D eigenvalue weighted by molar-refractivity contribution is 6.22. The molecule has 0 saturated heterocycles. The van der Waals surface area contributed by atoms with Crippen LogP contribution in [0.25, 0.3) is 0 Å². The minimum absolute atomic E-state index is 0.0295. The molecule has 0 unspecified atom stereocenters. The maximum atomic E-state index is 13.8. The zero-order chi connectivity index (χ0) is 23.4. The van der Waals surface area contributed by atoms with Crippen molar-refractivity contribution in [2.75, 3.05) is 0 Å². The minimum atomic E-state index is -0.869. The van der Waals surface area contributed by atoms with Crippen molar-refractivity contribution in [1.82, 2.24) is 10.2 Å². The monoisotopic (exact) mass is 456 g/mol. The third kappa shape index (κ3) is 3.48. The second kappa shape index (κ2) is 8.07. The molecular formula is C29H32N2O3. The van der Waals surface area contributed by atoms with Gasteiger partial charge in [0, 0.05) is 12.5 Å². The van der Waals surface area contributed by atoms with Crippen molar-refractivity contribution in [3.05, 3.63) is 71.3 Å². The first-order valence-corrected chi connectivity index (χ1v) is 12.7. The summed E-state index contributed by atoms with van der Waals surface area (Å²) in [6.45, 7) is 2.15. The number of hydrogen-bond acceptors (Lipinski definition) is 3. The molecule has 1 heterocycles. The van der Waals surface area contributed by atoms with Gasteiger partial charge >= 0.3 is 0 Å². The standard InChI is InChI=1S/C29H32N2O3/c1-18(29-15-20-11-21(16-29)13-22(12-20)17-29)30-26(32)25(14-19-7-3-2-4-8-19)31-27(33)23-9-5-6-10-24(23)28(31)34/h2-10,18,20-22,25H,11-17H2,1H3,(H,30,32)/t18-,20?,21?,22?,25+,29?/m0/s1. The molecule has 2 aromatic rings. The molecule has 34 heavy (non-hydrogen) atoms. The number of carbonyl (C=O) groups is 3. The van der Waals surface area contributed by atoms with E-state index in [0.29, 0.717) is 17.5 Å². The first-order chi connectivity index (χ1) is 16.4. The van der Waals surface area contributed by atoms with Gasteiger partial charge in [0.05, 0.1) is 11.1 Å². The number of rotatable bonds is 6. The summed E-state index contributed by atoms with van der Waals surface area (Å²) >= 11 is 0. The zero-order valence-corrected chi connectivity index (χ0v) is 19.7. The van der Waals surface area contributed by atoms with E-state index in [1.807, 2.05) is 30.3 Å². The maximum Gasteiger partial charge on any atom is 0.262 e. The summed E-state index contributed by atoms with van der Waals surface area (Å²) in [6, 6.07) is 15.7. The summed E-state index contributed by atoms with van der Waals surface area (Å²) in [5.74, 6) is 1.41. The number of carbonyl (C=O) groups excluding carboxylic acids is 3. The Balaban J connectivity index is 1.28. The van der Waals surface area contributed by atoms with Crippen molar-refractivity contribution in [2.45, 2.75) is 64.0 Å². The molecule has 5 nitrogen and oxygen atoms in total. The number of imide groups is 1. The molecule has 2 atom stereocenters. The van der Waals surface area contributed by atoms with Crippen LogP contribution in [0.2, 0.25) is 0 Å². The van der Waals surface area contributed by atoms with E-state index < -0.39 is 6.04 Å². The number of nitrogens with zero attached hydrogens (tertiary/aromatic N) is 1. The molecule has 0 aromatic heterocycles. The molecule has 5 heteroatoms. The smallest absolute Gasteiger partial charge is 0.262 e. The van der Waals surface area contributed by atoms with Crippen LogP contribution in [0.15, 0.2) is 54.6 Å². The molecule has 7 rings (SSSR count). The highest BCUT2D eigenvalue weighted by Gasteiger charge is 2.54. The average molecular weight is 457 g/mol. The highest BCUT2D eigenvalue weighted by atomic mass is 16.2. The van der Waals surface area contributed by atoms with Crippen molar-refractivity contribution in [2.24, 2.45) is 23.2 Å². The van der Waals surface area contributed by atoms with Gasteiger partial charge in [-0.3, -0.25) is 19.3 Å². The highest BCUT2D eigenvalue weighted by Crippen LogP contribution is 2.61. The molecule has 176 valence electrons. The SMILES string of the molecule is C[C@H](NC(=O)[C@@H](Cc1ccccc1)N1C(=O)c2ccccc2C1=O)C12CC3CC(CC(C3)C1)C2. The number of hydrogen-bond donors (Lipinski definition) is 1. The Hall–Kier alpha value is -2.95. The first kappa shape index (κ1) is 21.6. The van der Waals surface area contributed by atoms with E-state index in [1.54, 1.807) is 24.3 Å². The van der Waals surface area contributed by atoms with Gasteiger partial charge in [-0.1, -0.05) is 42.5 Å². The van der Waals surface area contributed by atoms with Crippen molar-refractivity contribution in [1.29, 1.82) is 0 Å². The van der Waals surface area contributed by atoms with Gasteiger partial charge in [-0.05, 0) is 86.3 Å². The van der Waals surface area contributed by atoms with Gasteiger partial charge in [0.15, 0.2) is 0 Å². The molecule has 4 saturated carbocycles. The Morgan fingerprint density at radius 1 is 0.882 bits per heavy atom. The Labute approximate surface area is 200 Å². The van der Waals surface area contributed by atoms with E-state index in [9.17, 15) is 14.4 Å². The van der Waals surface area contributed by atoms with Gasteiger partial charge in [-0.15, -0.1) is 0 Å². The summed E-state index contributed by atoms with van der Waals surface area (Å²) in [7, 11) is 0. The van der Waals surface area contributed by atoms with Crippen LogP contribution in [-0.4, -0.2) is 34.7 Å². The third-order valence-corrected chi connectivity index (χ3v) is 9.07. The number of fused-ring (bicyclic) bond motifs is 1. The molecule has 0 radical (unpaired) electrons. The lowest BCUT2D eigenvalue weighted by atomic mass is 9.48. The van der Waals surface area contributed by atoms with Crippen molar-refractivity contribution in [3.63, 3.8) is 0 Å². The lowest BCUT2D eigenvalue weighted by molar-refractivity contribution is -0.129. The second-order valence-electron chi connectivity index (χ2n) is 11.2. The zero-order valence-electron chi connectivity index (χ0n) is 19.7. The van der Waals surface area contributed by atoms with Crippen LogP contribution in [0.1, 0.15) is 71.7 Å². The lowest BCUT2D eigenvalue weighted by Gasteiger charge is -2.59. The first-order valence-electron chi connectivity index (χ1n) is 12.7. The van der Waals surface area contributed by atoms with Crippen molar-refractivity contribution >= 4 is 17.7 Å². The number of amides is 3. The van der Waals surface area contributed by atoms with Gasteiger partial charge in [-0.25, -0.2) is 0 Å². The summed E-state index contributed by atoms with van der Waals surface area (Å²) in [4.78, 5) is 41.6. The van der Waals surface area contributed by atoms with E-state index in [-0.39, 0.29) is 29.2 Å². The van der Waals surface area contributed by atoms with E-state index in [2.05, 4.69) is 12.2 Å². The van der Waals surface area contributed by atoms with Gasteiger partial charge in [0.2, 0.25) is 5.91 Å². The molecule has 4 fully saturated rings. The number of nitrogens with one attached hydrogen (secondary N) is 1. The quantitative estimate of drug-likeness (QED) is 0.646. The Morgan fingerprint density at radius 3 is 1.91 bits per heavy atom. The number of benzene rings is 2. The molecule has 3 amide bonds. The maximum absolute atomic E-state index is 13.8. The van der Waals surface area contributed by atoms with E-state index >= 15 is 0 Å². The average Bonchev–Trinajstić information content (AvgIpc) is 3.07. The fourth-order valence-electron chi connectivity index (χ4n) is 7.80. The minimum Gasteiger partial charge on any atom is -0.351 e. The molecule has 1 aliphatic heterocycles. The lowest BCUT2D eigenvalue weighted by Crippen LogP contribution is -2.59. The fourth-order valence-corrected chi connectivity index (χ4v) is 7.80. The van der Waals surface area contributed by atoms with Crippen LogP contribution in [0.3, 0.4) is 0 Å². The van der Waals surface area contributed by atoms with E-state index in [1.165, 1.54) is 43.4 Å². The summed E-state index contributed by atoms with van der Waals surface area (Å²) in [5.41, 5.74) is 1.85. The largest absolute Gasteiger partial charge is 0.351 e. The molecule has 4 bridgehead atoms. The molecular weight excluding hydrogens is 424 g/mol. The fraction of sp³-hybridized carbons (Fsp3) is 0.483. The van der Waals surface area contributed by atoms with Crippen LogP contribution in [0.5, 0.6) is 0 Å². The molecule has 1 N–H and O–H groups in total. The van der Waals surface area contributed by atoms with Gasteiger partial charge < -0.3 is 5.32 Å². The predicted molar refractivity (Wildman–Crippen MR) is 129 cm³/mol. The van der Waals surface area contributed by atoms with Gasteiger partial charge in [-0.2, -0.15) is 0 Å². The Kier molecular flexibility index (Phi) is 5.12. The summed E-state index contributed by atoms with van der Waals surface area (Å²) in [6.07, 6.45) is 7.94. The van der Waals surface area contributed by atoms with E-state index in [0.717, 1.165) is 23.3 Å². The normalized spacial score (nSPS) is 30.9. The van der Waals surface area contributed by atoms with E-state index in [4.69, 9.17) is 0 Å². The van der Waals surface area contributed by atoms with Crippen LogP contribution < -0.4 is 5.32 Å². The van der Waals surface area contributed by atoms with Gasteiger partial charge in [0.1, 0.15) is 6.04 Å². The molecule has 5 aliphatic rings. The van der Waals surface area contributed by atoms with Crippen molar-refractivity contribution in [3.8, 4) is 0 Å². The Morgan fingerprint density at radius 2 is 1.38 bits per heavy atom. The molecule has 4 aliphatic carbocycles. The summed E-state index contributed by atoms with van der Waals surface area (Å²) in [5, 5.41) is 3.32. The van der Waals surface area contributed by atoms with Crippen LogP contribution in [-0.2, 0) is 11.2 Å². The van der Waals surface area contributed by atoms with Crippen LogP contribution >= 0.6 is 0 Å². The molecule has 0 spiro atoms. The van der Waals surface area contributed by atoms with Crippen LogP contribution in [0, 0.1) is 23.2 Å². The predicted octanol–water partition coefficient (Wildman–Crippen LogP) is 4.62. The molecule has 2 aromatic carbocycles. The Bertz CT molecular complexity index is 1070. The van der Waals surface area contributed by atoms with Gasteiger partial charge in [0.25, 0.3) is 11.8 Å². The topological polar surface area (TPSA) is 66.5 Å². The third-order valence-electron chi connectivity index (χ3n) is 9.07.